The van der Waals surface area contributed by atoms with Crippen LogP contribution >= 0.6 is 0 Å². The van der Waals surface area contributed by atoms with E-state index in [0.29, 0.717) is 49.4 Å². The molecule has 0 spiro atoms. The van der Waals surface area contributed by atoms with Crippen molar-refractivity contribution in [2.24, 2.45) is 0 Å². The number of nitrogens with zero attached hydrogens (tertiary/aromatic N) is 3. The molecule has 2 aromatic heterocycles. The molecule has 0 saturated carbocycles. The molecule has 0 aliphatic carbocycles. The van der Waals surface area contributed by atoms with Crippen LogP contribution in [0.15, 0.2) is 77.8 Å². The first-order chi connectivity index (χ1) is 19.3. The number of aromatic nitrogens is 2. The number of ether oxygens (including phenoxy) is 1. The summed E-state index contributed by atoms with van der Waals surface area (Å²) in [5.41, 5.74) is 4.44. The summed E-state index contributed by atoms with van der Waals surface area (Å²) in [7, 11) is -2.42. The van der Waals surface area contributed by atoms with E-state index in [1.165, 1.54) is 35.7 Å². The summed E-state index contributed by atoms with van der Waals surface area (Å²) in [5, 5.41) is 10.0. The molecule has 1 aliphatic rings. The Morgan fingerprint density at radius 2 is 1.73 bits per heavy atom. The maximum Gasteiger partial charge on any atom is 0.411 e. The van der Waals surface area contributed by atoms with Crippen molar-refractivity contribution in [3.05, 3.63) is 95.3 Å². The standard InChI is InChI=1S/C29H31N5O5S/c1-20-27(28(35)30-19-21-6-4-3-5-7-21)26-18-23(14-17-34(26)32-20)22-12-15-33(16-13-22)40(37,38)25-10-8-24(9-11-25)31-29(36)39-2/h3-11,14,17-18,22H,12-13,15-16,19H2,1-2H3,(H,30,35)(H,31,36). The molecule has 11 heteroatoms. The van der Waals surface area contributed by atoms with Crippen molar-refractivity contribution in [1.29, 1.82) is 0 Å². The number of pyridine rings is 1. The number of methoxy groups -OCH3 is 1. The second-order valence-electron chi connectivity index (χ2n) is 9.74. The second-order valence-corrected chi connectivity index (χ2v) is 11.7. The topological polar surface area (TPSA) is 122 Å². The van der Waals surface area contributed by atoms with Gasteiger partial charge in [-0.15, -0.1) is 0 Å². The van der Waals surface area contributed by atoms with Crippen molar-refractivity contribution in [1.82, 2.24) is 19.2 Å². The number of nitrogens with one attached hydrogen (secondary N) is 2. The second kappa shape index (κ2) is 11.5. The van der Waals surface area contributed by atoms with E-state index in [2.05, 4.69) is 20.5 Å². The van der Waals surface area contributed by atoms with Crippen LogP contribution in [0.2, 0.25) is 0 Å². The van der Waals surface area contributed by atoms with Crippen LogP contribution in [0.1, 0.15) is 45.9 Å². The van der Waals surface area contributed by atoms with Gasteiger partial charge in [-0.1, -0.05) is 30.3 Å². The molecule has 1 aliphatic heterocycles. The lowest BCUT2D eigenvalue weighted by molar-refractivity contribution is 0.0952. The summed E-state index contributed by atoms with van der Waals surface area (Å²) >= 11 is 0. The van der Waals surface area contributed by atoms with Gasteiger partial charge in [0, 0.05) is 31.5 Å². The Morgan fingerprint density at radius 3 is 2.40 bits per heavy atom. The fourth-order valence-electron chi connectivity index (χ4n) is 5.04. The van der Waals surface area contributed by atoms with Crippen LogP contribution in [0.5, 0.6) is 0 Å². The number of carbonyl (C=O) groups is 2. The molecule has 0 atom stereocenters. The summed E-state index contributed by atoms with van der Waals surface area (Å²) in [5.74, 6) is -0.0271. The van der Waals surface area contributed by atoms with Crippen molar-refractivity contribution in [3.63, 3.8) is 0 Å². The lowest BCUT2D eigenvalue weighted by Crippen LogP contribution is -2.37. The zero-order valence-electron chi connectivity index (χ0n) is 22.3. The average molecular weight is 562 g/mol. The number of benzene rings is 2. The van der Waals surface area contributed by atoms with Gasteiger partial charge in [0.05, 0.1) is 28.8 Å². The summed E-state index contributed by atoms with van der Waals surface area (Å²) in [6.45, 7) is 3.01. The molecular formula is C29H31N5O5S. The minimum atomic E-state index is -3.67. The van der Waals surface area contributed by atoms with Crippen molar-refractivity contribution in [2.75, 3.05) is 25.5 Å². The van der Waals surface area contributed by atoms with Crippen molar-refractivity contribution in [3.8, 4) is 0 Å². The molecule has 5 rings (SSSR count). The molecule has 0 bridgehead atoms. The quantitative estimate of drug-likeness (QED) is 0.347. The van der Waals surface area contributed by atoms with E-state index < -0.39 is 16.1 Å². The van der Waals surface area contributed by atoms with Gasteiger partial charge in [-0.25, -0.2) is 17.7 Å². The van der Waals surface area contributed by atoms with Crippen LogP contribution in [-0.4, -0.2) is 54.5 Å². The Labute approximate surface area is 233 Å². The van der Waals surface area contributed by atoms with Gasteiger partial charge in [0.25, 0.3) is 5.91 Å². The third-order valence-electron chi connectivity index (χ3n) is 7.21. The number of anilines is 1. The Kier molecular flexibility index (Phi) is 7.85. The average Bonchev–Trinajstić information content (AvgIpc) is 3.31. The largest absolute Gasteiger partial charge is 0.453 e. The van der Waals surface area contributed by atoms with Gasteiger partial charge in [0.15, 0.2) is 0 Å². The highest BCUT2D eigenvalue weighted by Crippen LogP contribution is 2.32. The molecule has 40 heavy (non-hydrogen) atoms. The van der Waals surface area contributed by atoms with E-state index in [-0.39, 0.29) is 16.7 Å². The Morgan fingerprint density at radius 1 is 1.02 bits per heavy atom. The van der Waals surface area contributed by atoms with Crippen LogP contribution < -0.4 is 10.6 Å². The van der Waals surface area contributed by atoms with Gasteiger partial charge in [-0.05, 0) is 73.2 Å². The first-order valence-corrected chi connectivity index (χ1v) is 14.5. The van der Waals surface area contributed by atoms with Crippen LogP contribution in [-0.2, 0) is 21.3 Å². The minimum Gasteiger partial charge on any atom is -0.453 e. The summed E-state index contributed by atoms with van der Waals surface area (Å²) in [4.78, 5) is 24.7. The molecule has 2 aromatic carbocycles. The van der Waals surface area contributed by atoms with Gasteiger partial charge in [0.2, 0.25) is 10.0 Å². The fourth-order valence-corrected chi connectivity index (χ4v) is 6.51. The molecule has 2 N–H and O–H groups in total. The lowest BCUT2D eigenvalue weighted by atomic mass is 9.90. The van der Waals surface area contributed by atoms with Crippen LogP contribution in [0.3, 0.4) is 0 Å². The zero-order chi connectivity index (χ0) is 28.3. The number of aryl methyl sites for hydroxylation is 1. The van der Waals surface area contributed by atoms with Gasteiger partial charge in [-0.3, -0.25) is 10.1 Å². The number of piperidine rings is 1. The molecule has 2 amide bonds. The molecule has 4 aromatic rings. The summed E-state index contributed by atoms with van der Waals surface area (Å²) in [6.07, 6.45) is 2.54. The predicted molar refractivity (Wildman–Crippen MR) is 151 cm³/mol. The van der Waals surface area contributed by atoms with E-state index in [9.17, 15) is 18.0 Å². The third-order valence-corrected chi connectivity index (χ3v) is 9.12. The van der Waals surface area contributed by atoms with Crippen LogP contribution in [0.25, 0.3) is 5.52 Å². The van der Waals surface area contributed by atoms with Crippen LogP contribution in [0.4, 0.5) is 10.5 Å². The number of hydrogen-bond acceptors (Lipinski definition) is 6. The number of amides is 2. The predicted octanol–water partition coefficient (Wildman–Crippen LogP) is 4.32. The summed E-state index contributed by atoms with van der Waals surface area (Å²) in [6, 6.07) is 19.8. The van der Waals surface area contributed by atoms with Gasteiger partial charge >= 0.3 is 6.09 Å². The first-order valence-electron chi connectivity index (χ1n) is 13.0. The zero-order valence-corrected chi connectivity index (χ0v) is 23.1. The van der Waals surface area contributed by atoms with Gasteiger partial charge in [0.1, 0.15) is 0 Å². The maximum absolute atomic E-state index is 13.2. The molecular weight excluding hydrogens is 530 g/mol. The van der Waals surface area contributed by atoms with E-state index in [4.69, 9.17) is 0 Å². The Bertz CT molecular complexity index is 1630. The van der Waals surface area contributed by atoms with Crippen molar-refractivity contribution in [2.45, 2.75) is 37.1 Å². The minimum absolute atomic E-state index is 0.151. The monoisotopic (exact) mass is 561 g/mol. The molecule has 1 saturated heterocycles. The highest BCUT2D eigenvalue weighted by molar-refractivity contribution is 7.89. The third kappa shape index (κ3) is 5.70. The Balaban J connectivity index is 1.27. The van der Waals surface area contributed by atoms with E-state index in [1.807, 2.05) is 55.6 Å². The maximum atomic E-state index is 13.2. The van der Waals surface area contributed by atoms with Gasteiger partial charge in [-0.2, -0.15) is 9.40 Å². The number of fused-ring (bicyclic) bond motifs is 1. The molecule has 1 fully saturated rings. The SMILES string of the molecule is COC(=O)Nc1ccc(S(=O)(=O)N2CCC(c3ccn4nc(C)c(C(=O)NCc5ccccc5)c4c3)CC2)cc1. The molecule has 10 nitrogen and oxygen atoms in total. The Hall–Kier alpha value is -4.22. The smallest absolute Gasteiger partial charge is 0.411 e. The highest BCUT2D eigenvalue weighted by atomic mass is 32.2. The van der Waals surface area contributed by atoms with E-state index >= 15 is 0 Å². The number of sulfonamides is 1. The summed E-state index contributed by atoms with van der Waals surface area (Å²) < 4.78 is 34.3. The fraction of sp³-hybridized carbons (Fsp3) is 0.276. The lowest BCUT2D eigenvalue weighted by Gasteiger charge is -2.31. The first kappa shape index (κ1) is 27.4. The number of rotatable bonds is 7. The molecule has 0 unspecified atom stereocenters. The van der Waals surface area contributed by atoms with E-state index in [0.717, 1.165) is 16.6 Å². The number of hydrogen-bond donors (Lipinski definition) is 2. The molecule has 3 heterocycles. The van der Waals surface area contributed by atoms with Gasteiger partial charge < -0.3 is 10.1 Å². The number of carbonyl (C=O) groups excluding carboxylic acids is 2. The normalized spacial score (nSPS) is 14.7. The molecule has 0 radical (unpaired) electrons. The molecule has 208 valence electrons. The van der Waals surface area contributed by atoms with Crippen molar-refractivity contribution >= 4 is 33.2 Å². The van der Waals surface area contributed by atoms with E-state index in [1.54, 1.807) is 4.52 Å². The van der Waals surface area contributed by atoms with Crippen molar-refractivity contribution < 1.29 is 22.7 Å². The highest BCUT2D eigenvalue weighted by Gasteiger charge is 2.30. The van der Waals surface area contributed by atoms with Crippen LogP contribution in [0, 0.1) is 6.92 Å².